The molecule has 0 aromatic carbocycles. The minimum Gasteiger partial charge on any atom is -0.481 e. The summed E-state index contributed by atoms with van der Waals surface area (Å²) >= 11 is 0. The van der Waals surface area contributed by atoms with Crippen molar-refractivity contribution in [3.05, 3.63) is 0 Å². The molecule has 14 heavy (non-hydrogen) atoms. The topological polar surface area (TPSA) is 49.3 Å². The number of piperidine rings is 1. The lowest BCUT2D eigenvalue weighted by Crippen LogP contribution is -2.52. The number of rotatable bonds is 3. The summed E-state index contributed by atoms with van der Waals surface area (Å²) in [6.07, 6.45) is 3.62. The highest BCUT2D eigenvalue weighted by Gasteiger charge is 2.36. The summed E-state index contributed by atoms with van der Waals surface area (Å²) in [6.45, 7) is 6.45. The van der Waals surface area contributed by atoms with Crippen molar-refractivity contribution in [1.82, 2.24) is 5.32 Å². The molecular formula is C11H21NO2. The van der Waals surface area contributed by atoms with E-state index in [9.17, 15) is 4.79 Å². The van der Waals surface area contributed by atoms with Crippen LogP contribution in [0.5, 0.6) is 0 Å². The Labute approximate surface area is 85.9 Å². The van der Waals surface area contributed by atoms with Crippen LogP contribution in [0.3, 0.4) is 0 Å². The normalized spacial score (nSPS) is 31.4. The lowest BCUT2D eigenvalue weighted by molar-refractivity contribution is -0.138. The molecule has 0 aliphatic carbocycles. The molecule has 82 valence electrons. The minimum atomic E-state index is -0.702. The smallest absolute Gasteiger partial charge is 0.304 e. The summed E-state index contributed by atoms with van der Waals surface area (Å²) in [5.41, 5.74) is 0.115. The van der Waals surface area contributed by atoms with Gasteiger partial charge in [-0.25, -0.2) is 0 Å². The van der Waals surface area contributed by atoms with Gasteiger partial charge in [0.2, 0.25) is 0 Å². The lowest BCUT2D eigenvalue weighted by Gasteiger charge is -2.42. The van der Waals surface area contributed by atoms with Crippen LogP contribution in [0.1, 0.15) is 46.5 Å². The fraction of sp³-hybridized carbons (Fsp3) is 0.909. The van der Waals surface area contributed by atoms with Gasteiger partial charge in [0.05, 0.1) is 6.42 Å². The van der Waals surface area contributed by atoms with Crippen molar-refractivity contribution < 1.29 is 9.90 Å². The molecule has 0 amide bonds. The van der Waals surface area contributed by atoms with Crippen molar-refractivity contribution in [2.75, 3.05) is 0 Å². The molecule has 0 radical (unpaired) electrons. The van der Waals surface area contributed by atoms with Crippen molar-refractivity contribution in [1.29, 1.82) is 0 Å². The van der Waals surface area contributed by atoms with Gasteiger partial charge in [-0.2, -0.15) is 0 Å². The first-order valence-electron chi connectivity index (χ1n) is 5.43. The highest BCUT2D eigenvalue weighted by atomic mass is 16.4. The van der Waals surface area contributed by atoms with Gasteiger partial charge in [0.25, 0.3) is 0 Å². The van der Waals surface area contributed by atoms with Crippen molar-refractivity contribution in [3.8, 4) is 0 Å². The predicted molar refractivity (Wildman–Crippen MR) is 56.3 cm³/mol. The molecule has 3 nitrogen and oxygen atoms in total. The van der Waals surface area contributed by atoms with Gasteiger partial charge in [-0.15, -0.1) is 0 Å². The summed E-state index contributed by atoms with van der Waals surface area (Å²) in [5, 5.41) is 12.3. The summed E-state index contributed by atoms with van der Waals surface area (Å²) in [5.74, 6) is -0.702. The van der Waals surface area contributed by atoms with E-state index in [1.807, 2.05) is 0 Å². The number of hydrogen-bond donors (Lipinski definition) is 2. The number of carboxylic acids is 1. The van der Waals surface area contributed by atoms with Gasteiger partial charge in [-0.1, -0.05) is 20.8 Å². The van der Waals surface area contributed by atoms with Gasteiger partial charge in [0, 0.05) is 12.1 Å². The second kappa shape index (κ2) is 4.30. The van der Waals surface area contributed by atoms with Gasteiger partial charge in [0.1, 0.15) is 0 Å². The van der Waals surface area contributed by atoms with Crippen LogP contribution in [0.4, 0.5) is 0 Å². The Morgan fingerprint density at radius 2 is 2.21 bits per heavy atom. The fourth-order valence-corrected chi connectivity index (χ4v) is 2.15. The third-order valence-corrected chi connectivity index (χ3v) is 3.39. The molecule has 2 N–H and O–H groups in total. The molecule has 1 aliphatic heterocycles. The quantitative estimate of drug-likeness (QED) is 0.731. The monoisotopic (exact) mass is 199 g/mol. The Morgan fingerprint density at radius 3 is 2.71 bits per heavy atom. The molecule has 3 heteroatoms. The number of nitrogens with one attached hydrogen (secondary N) is 1. The maximum Gasteiger partial charge on any atom is 0.304 e. The largest absolute Gasteiger partial charge is 0.481 e. The molecule has 1 saturated heterocycles. The molecule has 0 spiro atoms. The first kappa shape index (κ1) is 11.5. The maximum absolute atomic E-state index is 10.7. The first-order valence-corrected chi connectivity index (χ1v) is 5.43. The SMILES string of the molecule is CC[C@@H]1CCC(C)(C)[C@H](CC(=O)O)N1. The van der Waals surface area contributed by atoms with Crippen LogP contribution in [0.2, 0.25) is 0 Å². The highest BCUT2D eigenvalue weighted by molar-refractivity contribution is 5.67. The van der Waals surface area contributed by atoms with Gasteiger partial charge >= 0.3 is 5.97 Å². The van der Waals surface area contributed by atoms with E-state index in [-0.39, 0.29) is 17.9 Å². The molecule has 1 heterocycles. The molecule has 0 aromatic heterocycles. The Hall–Kier alpha value is -0.570. The second-order valence-corrected chi connectivity index (χ2v) is 4.95. The molecular weight excluding hydrogens is 178 g/mol. The maximum atomic E-state index is 10.7. The van der Waals surface area contributed by atoms with Gasteiger partial charge < -0.3 is 10.4 Å². The summed E-state index contributed by atoms with van der Waals surface area (Å²) in [7, 11) is 0. The van der Waals surface area contributed by atoms with Crippen molar-refractivity contribution in [2.24, 2.45) is 5.41 Å². The highest BCUT2D eigenvalue weighted by Crippen LogP contribution is 2.34. The van der Waals surface area contributed by atoms with E-state index >= 15 is 0 Å². The van der Waals surface area contributed by atoms with Crippen LogP contribution < -0.4 is 5.32 Å². The molecule has 1 aliphatic rings. The summed E-state index contributed by atoms with van der Waals surface area (Å²) in [6, 6.07) is 0.631. The van der Waals surface area contributed by atoms with Crippen molar-refractivity contribution in [3.63, 3.8) is 0 Å². The van der Waals surface area contributed by atoms with Gasteiger partial charge in [0.15, 0.2) is 0 Å². The zero-order valence-corrected chi connectivity index (χ0v) is 9.34. The van der Waals surface area contributed by atoms with Crippen molar-refractivity contribution in [2.45, 2.75) is 58.5 Å². The van der Waals surface area contributed by atoms with E-state index in [0.717, 1.165) is 12.8 Å². The third-order valence-electron chi connectivity index (χ3n) is 3.39. The fourth-order valence-electron chi connectivity index (χ4n) is 2.15. The second-order valence-electron chi connectivity index (χ2n) is 4.95. The van der Waals surface area contributed by atoms with E-state index in [4.69, 9.17) is 5.11 Å². The van der Waals surface area contributed by atoms with Crippen LogP contribution in [-0.2, 0) is 4.79 Å². The number of hydrogen-bond acceptors (Lipinski definition) is 2. The average molecular weight is 199 g/mol. The zero-order chi connectivity index (χ0) is 10.8. The molecule has 0 aromatic rings. The first-order chi connectivity index (χ1) is 6.45. The number of carboxylic acid groups (broad SMARTS) is 1. The van der Waals surface area contributed by atoms with Crippen LogP contribution >= 0.6 is 0 Å². The molecule has 0 saturated carbocycles. The lowest BCUT2D eigenvalue weighted by atomic mass is 9.74. The third kappa shape index (κ3) is 2.71. The number of aliphatic carboxylic acids is 1. The molecule has 0 bridgehead atoms. The van der Waals surface area contributed by atoms with E-state index in [2.05, 4.69) is 26.1 Å². The molecule has 2 atom stereocenters. The van der Waals surface area contributed by atoms with Gasteiger partial charge in [-0.3, -0.25) is 4.79 Å². The number of carbonyl (C=O) groups is 1. The summed E-state index contributed by atoms with van der Waals surface area (Å²) < 4.78 is 0. The predicted octanol–water partition coefficient (Wildman–Crippen LogP) is 2.02. The standard InChI is InChI=1S/C11H21NO2/c1-4-8-5-6-11(2,3)9(12-8)7-10(13)14/h8-9,12H,4-7H2,1-3H3,(H,13,14)/t8-,9+/m1/s1. The minimum absolute atomic E-state index is 0.115. The average Bonchev–Trinajstić information content (AvgIpc) is 2.08. The van der Waals surface area contributed by atoms with E-state index in [1.165, 1.54) is 6.42 Å². The zero-order valence-electron chi connectivity index (χ0n) is 9.34. The van der Waals surface area contributed by atoms with Gasteiger partial charge in [-0.05, 0) is 24.7 Å². The molecule has 0 unspecified atom stereocenters. The molecule has 1 fully saturated rings. The molecule has 1 rings (SSSR count). The van der Waals surface area contributed by atoms with E-state index < -0.39 is 5.97 Å². The summed E-state index contributed by atoms with van der Waals surface area (Å²) in [4.78, 5) is 10.7. The Kier molecular flexibility index (Phi) is 3.53. The van der Waals surface area contributed by atoms with Crippen LogP contribution in [0, 0.1) is 5.41 Å². The van der Waals surface area contributed by atoms with Crippen molar-refractivity contribution >= 4 is 5.97 Å². The van der Waals surface area contributed by atoms with E-state index in [1.54, 1.807) is 0 Å². The van der Waals surface area contributed by atoms with Crippen LogP contribution in [-0.4, -0.2) is 23.2 Å². The van der Waals surface area contributed by atoms with E-state index in [0.29, 0.717) is 6.04 Å². The van der Waals surface area contributed by atoms with Crippen LogP contribution in [0.15, 0.2) is 0 Å². The Balaban J connectivity index is 2.61. The Bertz CT molecular complexity index is 213. The Morgan fingerprint density at radius 1 is 1.57 bits per heavy atom. The van der Waals surface area contributed by atoms with Crippen LogP contribution in [0.25, 0.3) is 0 Å².